The molecule has 86 valence electrons. The van der Waals surface area contributed by atoms with E-state index in [1.54, 1.807) is 13.2 Å². The summed E-state index contributed by atoms with van der Waals surface area (Å²) in [6.45, 7) is 2.10. The maximum atomic E-state index is 11.1. The van der Waals surface area contributed by atoms with E-state index in [2.05, 4.69) is 4.90 Å². The van der Waals surface area contributed by atoms with Crippen LogP contribution in [0.1, 0.15) is 29.6 Å². The van der Waals surface area contributed by atoms with Gasteiger partial charge in [0.1, 0.15) is 5.75 Å². The summed E-state index contributed by atoms with van der Waals surface area (Å²) < 4.78 is 5.12. The fraction of sp³-hybridized carbons (Fsp3) is 0.462. The smallest absolute Gasteiger partial charge is 0.152 e. The summed E-state index contributed by atoms with van der Waals surface area (Å²) in [7, 11) is 1.62. The summed E-state index contributed by atoms with van der Waals surface area (Å²) in [6.07, 6.45) is 4.63. The molecule has 0 saturated carbocycles. The summed E-state index contributed by atoms with van der Waals surface area (Å²) in [4.78, 5) is 13.3. The van der Waals surface area contributed by atoms with Gasteiger partial charge in [-0.3, -0.25) is 4.79 Å². The lowest BCUT2D eigenvalue weighted by Gasteiger charge is -2.29. The minimum atomic E-state index is 0.723. The van der Waals surface area contributed by atoms with Crippen molar-refractivity contribution < 1.29 is 9.53 Å². The molecule has 0 atom stereocenters. The Morgan fingerprint density at radius 3 is 2.62 bits per heavy atom. The number of rotatable bonds is 3. The van der Waals surface area contributed by atoms with Crippen LogP contribution in [-0.4, -0.2) is 26.5 Å². The van der Waals surface area contributed by atoms with Gasteiger partial charge in [0.25, 0.3) is 0 Å². The van der Waals surface area contributed by atoms with E-state index in [4.69, 9.17) is 4.74 Å². The van der Waals surface area contributed by atoms with Crippen molar-refractivity contribution in [2.75, 3.05) is 25.1 Å². The monoisotopic (exact) mass is 219 g/mol. The number of nitrogens with zero attached hydrogens (tertiary/aromatic N) is 1. The quantitative estimate of drug-likeness (QED) is 0.731. The predicted octanol–water partition coefficient (Wildman–Crippen LogP) is 2.50. The molecule has 16 heavy (non-hydrogen) atoms. The van der Waals surface area contributed by atoms with E-state index in [1.165, 1.54) is 19.3 Å². The number of carbonyl (C=O) groups excluding carboxylic acids is 1. The van der Waals surface area contributed by atoms with Crippen molar-refractivity contribution in [1.82, 2.24) is 0 Å². The van der Waals surface area contributed by atoms with Gasteiger partial charge in [0.15, 0.2) is 6.29 Å². The molecule has 1 aromatic rings. The van der Waals surface area contributed by atoms with Gasteiger partial charge < -0.3 is 9.64 Å². The first-order chi connectivity index (χ1) is 7.85. The van der Waals surface area contributed by atoms with Gasteiger partial charge in [0, 0.05) is 24.3 Å². The lowest BCUT2D eigenvalue weighted by Crippen LogP contribution is -2.30. The van der Waals surface area contributed by atoms with Crippen molar-refractivity contribution in [3.8, 4) is 5.75 Å². The van der Waals surface area contributed by atoms with E-state index in [1.807, 2.05) is 12.1 Å². The van der Waals surface area contributed by atoms with Gasteiger partial charge in [-0.1, -0.05) is 0 Å². The molecular weight excluding hydrogens is 202 g/mol. The van der Waals surface area contributed by atoms with Crippen molar-refractivity contribution in [1.29, 1.82) is 0 Å². The summed E-state index contributed by atoms with van der Waals surface area (Å²) in [5, 5.41) is 0. The van der Waals surface area contributed by atoms with Gasteiger partial charge in [-0.25, -0.2) is 0 Å². The maximum absolute atomic E-state index is 11.1. The molecular formula is C13H17NO2. The minimum absolute atomic E-state index is 0.723. The predicted molar refractivity (Wildman–Crippen MR) is 64.4 cm³/mol. The third-order valence-electron chi connectivity index (χ3n) is 3.06. The van der Waals surface area contributed by atoms with Crippen LogP contribution in [0.4, 0.5) is 5.69 Å². The Bertz CT molecular complexity index is 370. The molecule has 0 radical (unpaired) electrons. The van der Waals surface area contributed by atoms with Gasteiger partial charge in [-0.05, 0) is 37.5 Å². The highest BCUT2D eigenvalue weighted by molar-refractivity contribution is 5.85. The molecule has 0 spiro atoms. The highest BCUT2D eigenvalue weighted by atomic mass is 16.5. The Morgan fingerprint density at radius 1 is 1.25 bits per heavy atom. The van der Waals surface area contributed by atoms with Gasteiger partial charge in [0.2, 0.25) is 0 Å². The number of hydrogen-bond donors (Lipinski definition) is 0. The molecule has 1 heterocycles. The molecule has 1 fully saturated rings. The second-order valence-corrected chi connectivity index (χ2v) is 4.09. The molecule has 0 unspecified atom stereocenters. The zero-order valence-electron chi connectivity index (χ0n) is 9.61. The van der Waals surface area contributed by atoms with E-state index in [-0.39, 0.29) is 0 Å². The highest BCUT2D eigenvalue weighted by Crippen LogP contribution is 2.26. The lowest BCUT2D eigenvalue weighted by molar-refractivity contribution is 0.112. The first kappa shape index (κ1) is 11.0. The molecule has 0 aliphatic carbocycles. The van der Waals surface area contributed by atoms with Crippen molar-refractivity contribution in [3.05, 3.63) is 23.8 Å². The molecule has 0 amide bonds. The standard InChI is InChI=1S/C13H17NO2/c1-16-12-5-6-13(11(9-12)10-15)14-7-3-2-4-8-14/h5-6,9-10H,2-4,7-8H2,1H3. The zero-order valence-corrected chi connectivity index (χ0v) is 9.61. The second kappa shape index (κ2) is 5.01. The topological polar surface area (TPSA) is 29.5 Å². The fourth-order valence-electron chi connectivity index (χ4n) is 2.18. The van der Waals surface area contributed by atoms with E-state index >= 15 is 0 Å². The van der Waals surface area contributed by atoms with E-state index in [0.29, 0.717) is 0 Å². The van der Waals surface area contributed by atoms with E-state index in [9.17, 15) is 4.79 Å². The number of ether oxygens (including phenoxy) is 1. The average Bonchev–Trinajstić information content (AvgIpc) is 2.39. The van der Waals surface area contributed by atoms with Crippen molar-refractivity contribution in [2.24, 2.45) is 0 Å². The summed E-state index contributed by atoms with van der Waals surface area (Å²) in [5.41, 5.74) is 1.76. The second-order valence-electron chi connectivity index (χ2n) is 4.09. The zero-order chi connectivity index (χ0) is 11.4. The van der Waals surface area contributed by atoms with Crippen molar-refractivity contribution in [3.63, 3.8) is 0 Å². The number of anilines is 1. The number of methoxy groups -OCH3 is 1. The van der Waals surface area contributed by atoms with Crippen LogP contribution in [0.5, 0.6) is 5.75 Å². The maximum Gasteiger partial charge on any atom is 0.152 e. The average molecular weight is 219 g/mol. The molecule has 1 aliphatic heterocycles. The van der Waals surface area contributed by atoms with Crippen LogP contribution < -0.4 is 9.64 Å². The number of aldehydes is 1. The van der Waals surface area contributed by atoms with Crippen LogP contribution in [0.15, 0.2) is 18.2 Å². The van der Waals surface area contributed by atoms with Gasteiger partial charge >= 0.3 is 0 Å². The highest BCUT2D eigenvalue weighted by Gasteiger charge is 2.14. The van der Waals surface area contributed by atoms with Crippen LogP contribution >= 0.6 is 0 Å². The molecule has 2 rings (SSSR count). The van der Waals surface area contributed by atoms with Crippen LogP contribution in [-0.2, 0) is 0 Å². The fourth-order valence-corrected chi connectivity index (χ4v) is 2.18. The first-order valence-corrected chi connectivity index (χ1v) is 5.73. The Kier molecular flexibility index (Phi) is 3.44. The molecule has 1 saturated heterocycles. The largest absolute Gasteiger partial charge is 0.497 e. The summed E-state index contributed by atoms with van der Waals surface area (Å²) >= 11 is 0. The number of benzene rings is 1. The Morgan fingerprint density at radius 2 is 2.00 bits per heavy atom. The SMILES string of the molecule is COc1ccc(N2CCCCC2)c(C=O)c1. The summed E-state index contributed by atoms with van der Waals surface area (Å²) in [6, 6.07) is 5.70. The van der Waals surface area contributed by atoms with E-state index in [0.717, 1.165) is 36.4 Å². The van der Waals surface area contributed by atoms with Gasteiger partial charge in [0.05, 0.1) is 7.11 Å². The van der Waals surface area contributed by atoms with Crippen molar-refractivity contribution >= 4 is 12.0 Å². The van der Waals surface area contributed by atoms with Crippen LogP contribution in [0.25, 0.3) is 0 Å². The number of hydrogen-bond acceptors (Lipinski definition) is 3. The molecule has 0 N–H and O–H groups in total. The van der Waals surface area contributed by atoms with E-state index < -0.39 is 0 Å². The van der Waals surface area contributed by atoms with Crippen LogP contribution in [0.3, 0.4) is 0 Å². The third kappa shape index (κ3) is 2.18. The normalized spacial score (nSPS) is 15.9. The number of piperidine rings is 1. The molecule has 3 heteroatoms. The van der Waals surface area contributed by atoms with Crippen molar-refractivity contribution in [2.45, 2.75) is 19.3 Å². The van der Waals surface area contributed by atoms with Gasteiger partial charge in [-0.2, -0.15) is 0 Å². The minimum Gasteiger partial charge on any atom is -0.497 e. The number of carbonyl (C=O) groups is 1. The third-order valence-corrected chi connectivity index (χ3v) is 3.06. The molecule has 0 aromatic heterocycles. The molecule has 0 bridgehead atoms. The van der Waals surface area contributed by atoms with Crippen LogP contribution in [0, 0.1) is 0 Å². The van der Waals surface area contributed by atoms with Crippen LogP contribution in [0.2, 0.25) is 0 Å². The molecule has 1 aliphatic rings. The lowest BCUT2D eigenvalue weighted by atomic mass is 10.1. The first-order valence-electron chi connectivity index (χ1n) is 5.73. The Balaban J connectivity index is 2.28. The molecule has 1 aromatic carbocycles. The summed E-state index contributed by atoms with van der Waals surface area (Å²) in [5.74, 6) is 0.739. The Labute approximate surface area is 96.0 Å². The van der Waals surface area contributed by atoms with Gasteiger partial charge in [-0.15, -0.1) is 0 Å². The molecule has 3 nitrogen and oxygen atoms in total. The Hall–Kier alpha value is -1.51.